The van der Waals surface area contributed by atoms with E-state index in [1.807, 2.05) is 13.8 Å². The molecule has 5 heteroatoms. The van der Waals surface area contributed by atoms with Gasteiger partial charge < -0.3 is 0 Å². The Hall–Kier alpha value is -0.541. The summed E-state index contributed by atoms with van der Waals surface area (Å²) in [6.07, 6.45) is 2.26. The maximum atomic E-state index is 10.8. The summed E-state index contributed by atoms with van der Waals surface area (Å²) in [6.45, 7) is 3.77. The first-order chi connectivity index (χ1) is 6.20. The van der Waals surface area contributed by atoms with Crippen molar-refractivity contribution in [3.63, 3.8) is 0 Å². The van der Waals surface area contributed by atoms with Gasteiger partial charge in [-0.15, -0.1) is 0 Å². The molecule has 0 radical (unpaired) electrons. The van der Waals surface area contributed by atoms with Crippen LogP contribution in [0.25, 0.3) is 0 Å². The van der Waals surface area contributed by atoms with Crippen molar-refractivity contribution < 1.29 is 17.2 Å². The van der Waals surface area contributed by atoms with Crippen LogP contribution >= 0.6 is 0 Å². The summed E-state index contributed by atoms with van der Waals surface area (Å²) >= 11 is -0.779. The number of carbonyl (C=O) groups is 2. The van der Waals surface area contributed by atoms with E-state index < -0.39 is 15.6 Å². The van der Waals surface area contributed by atoms with Gasteiger partial charge in [-0.1, -0.05) is 0 Å². The molecule has 0 N–H and O–H groups in total. The fourth-order valence-corrected chi connectivity index (χ4v) is 1.32. The molecular weight excluding hydrogens is 239 g/mol. The number of hydrogen-bond donors (Lipinski definition) is 0. The molecule has 13 heavy (non-hydrogen) atoms. The average Bonchev–Trinajstić information content (AvgIpc) is 2.05. The van der Waals surface area contributed by atoms with E-state index in [4.69, 9.17) is 0 Å². The molecule has 0 rings (SSSR count). The normalized spacial score (nSPS) is 9.38. The molecular formula is C8H14O4Se. The Kier molecular flexibility index (Phi) is 7.74. The summed E-state index contributed by atoms with van der Waals surface area (Å²) in [7, 11) is 0. The van der Waals surface area contributed by atoms with Crippen molar-refractivity contribution in [2.45, 2.75) is 39.5 Å². The van der Waals surface area contributed by atoms with E-state index in [1.165, 1.54) is 0 Å². The molecule has 0 aromatic rings. The second kappa shape index (κ2) is 8.08. The van der Waals surface area contributed by atoms with Gasteiger partial charge in [0, 0.05) is 0 Å². The molecule has 76 valence electrons. The minimum absolute atomic E-state index is 0.299. The van der Waals surface area contributed by atoms with Crippen molar-refractivity contribution in [1.82, 2.24) is 0 Å². The third-order valence-electron chi connectivity index (χ3n) is 1.16. The van der Waals surface area contributed by atoms with Crippen molar-refractivity contribution in [2.75, 3.05) is 0 Å². The minimum atomic E-state index is -0.779. The van der Waals surface area contributed by atoms with E-state index in [1.54, 1.807) is 0 Å². The van der Waals surface area contributed by atoms with Crippen LogP contribution in [0.1, 0.15) is 39.5 Å². The van der Waals surface area contributed by atoms with Gasteiger partial charge >= 0.3 is 84.3 Å². The van der Waals surface area contributed by atoms with Gasteiger partial charge in [0.15, 0.2) is 0 Å². The van der Waals surface area contributed by atoms with Crippen molar-refractivity contribution in [3.8, 4) is 0 Å². The Balaban J connectivity index is 3.33. The van der Waals surface area contributed by atoms with Crippen LogP contribution in [0.15, 0.2) is 0 Å². The van der Waals surface area contributed by atoms with E-state index in [0.29, 0.717) is 12.8 Å². The third kappa shape index (κ3) is 7.81. The van der Waals surface area contributed by atoms with Gasteiger partial charge in [-0.3, -0.25) is 0 Å². The summed E-state index contributed by atoms with van der Waals surface area (Å²) in [6, 6.07) is 0. The zero-order valence-corrected chi connectivity index (χ0v) is 9.58. The monoisotopic (exact) mass is 254 g/mol. The zero-order valence-electron chi connectivity index (χ0n) is 7.87. The summed E-state index contributed by atoms with van der Waals surface area (Å²) in [4.78, 5) is 21.6. The second-order valence-electron chi connectivity index (χ2n) is 2.48. The van der Waals surface area contributed by atoms with Crippen molar-refractivity contribution in [3.05, 3.63) is 0 Å². The van der Waals surface area contributed by atoms with Crippen LogP contribution in [-0.2, 0) is 17.2 Å². The SMILES string of the molecule is CCCC(=O)O[Se]OC(=O)CCC. The number of rotatable bonds is 6. The Bertz CT molecular complexity index is 152. The average molecular weight is 253 g/mol. The van der Waals surface area contributed by atoms with Gasteiger partial charge in [0.05, 0.1) is 0 Å². The van der Waals surface area contributed by atoms with Gasteiger partial charge in [0.2, 0.25) is 0 Å². The predicted octanol–water partition coefficient (Wildman–Crippen LogP) is 1.21. The van der Waals surface area contributed by atoms with E-state index >= 15 is 0 Å². The van der Waals surface area contributed by atoms with Crippen molar-refractivity contribution in [2.24, 2.45) is 0 Å². The molecule has 0 spiro atoms. The predicted molar refractivity (Wildman–Crippen MR) is 47.8 cm³/mol. The fraction of sp³-hybridized carbons (Fsp3) is 0.750. The van der Waals surface area contributed by atoms with Crippen LogP contribution in [0.5, 0.6) is 0 Å². The van der Waals surface area contributed by atoms with Crippen LogP contribution in [0.2, 0.25) is 0 Å². The summed E-state index contributed by atoms with van der Waals surface area (Å²) in [5.74, 6) is -0.599. The molecule has 0 amide bonds. The molecule has 0 bridgehead atoms. The van der Waals surface area contributed by atoms with Crippen LogP contribution in [0.3, 0.4) is 0 Å². The van der Waals surface area contributed by atoms with E-state index in [-0.39, 0.29) is 11.9 Å². The maximum absolute atomic E-state index is 10.8. The van der Waals surface area contributed by atoms with Crippen molar-refractivity contribution in [1.29, 1.82) is 0 Å². The Labute approximate surface area is 84.8 Å². The first kappa shape index (κ1) is 12.5. The summed E-state index contributed by atoms with van der Waals surface area (Å²) < 4.78 is 9.36. The van der Waals surface area contributed by atoms with Gasteiger partial charge in [-0.25, -0.2) is 0 Å². The molecule has 0 heterocycles. The summed E-state index contributed by atoms with van der Waals surface area (Å²) in [5, 5.41) is 0. The molecule has 0 aliphatic carbocycles. The second-order valence-corrected chi connectivity index (χ2v) is 3.46. The van der Waals surface area contributed by atoms with Crippen LogP contribution in [-0.4, -0.2) is 27.6 Å². The molecule has 0 saturated heterocycles. The van der Waals surface area contributed by atoms with Gasteiger partial charge in [0.25, 0.3) is 0 Å². The molecule has 0 unspecified atom stereocenters. The van der Waals surface area contributed by atoms with Crippen LogP contribution in [0, 0.1) is 0 Å². The van der Waals surface area contributed by atoms with E-state index in [0.717, 1.165) is 12.8 Å². The number of hydrogen-bond acceptors (Lipinski definition) is 4. The fourth-order valence-electron chi connectivity index (χ4n) is 0.584. The van der Waals surface area contributed by atoms with Gasteiger partial charge in [-0.05, 0) is 0 Å². The molecule has 0 atom stereocenters. The third-order valence-corrected chi connectivity index (χ3v) is 2.23. The van der Waals surface area contributed by atoms with E-state index in [2.05, 4.69) is 7.64 Å². The number of carbonyl (C=O) groups excluding carboxylic acids is 2. The Morgan fingerprint density at radius 2 is 1.38 bits per heavy atom. The molecule has 0 saturated carbocycles. The first-order valence-corrected chi connectivity index (χ1v) is 5.67. The standard InChI is InChI=1S/C8H14O4Se/c1-3-5-7(9)11-13-12-8(10)6-4-2/h3-6H2,1-2H3. The molecule has 4 nitrogen and oxygen atoms in total. The topological polar surface area (TPSA) is 52.6 Å². The molecule has 0 aliphatic rings. The van der Waals surface area contributed by atoms with Crippen LogP contribution in [0.4, 0.5) is 0 Å². The van der Waals surface area contributed by atoms with E-state index in [9.17, 15) is 9.59 Å². The molecule has 0 fully saturated rings. The first-order valence-electron chi connectivity index (χ1n) is 4.27. The van der Waals surface area contributed by atoms with Crippen molar-refractivity contribution >= 4 is 27.6 Å². The van der Waals surface area contributed by atoms with Crippen LogP contribution < -0.4 is 0 Å². The molecule has 0 aliphatic heterocycles. The van der Waals surface area contributed by atoms with Gasteiger partial charge in [0.1, 0.15) is 0 Å². The summed E-state index contributed by atoms with van der Waals surface area (Å²) in [5.41, 5.74) is 0. The molecule has 0 aromatic carbocycles. The van der Waals surface area contributed by atoms with Gasteiger partial charge in [-0.2, -0.15) is 0 Å². The Morgan fingerprint density at radius 3 is 1.69 bits per heavy atom. The zero-order chi connectivity index (χ0) is 10.1. The Morgan fingerprint density at radius 1 is 1.00 bits per heavy atom. The quantitative estimate of drug-likeness (QED) is 0.667. The molecule has 0 aromatic heterocycles.